The lowest BCUT2D eigenvalue weighted by Gasteiger charge is -2.06. The highest BCUT2D eigenvalue weighted by Crippen LogP contribution is 2.23. The Morgan fingerprint density at radius 2 is 2.23 bits per heavy atom. The number of ether oxygens (including phenoxy) is 1. The van der Waals surface area contributed by atoms with Crippen LogP contribution >= 0.6 is 0 Å². The van der Waals surface area contributed by atoms with Gasteiger partial charge >= 0.3 is 0 Å². The largest absolute Gasteiger partial charge is 0.493 e. The Morgan fingerprint density at radius 3 is 3.08 bits per heavy atom. The zero-order chi connectivity index (χ0) is 9.26. The first-order valence-electron chi connectivity index (χ1n) is 4.50. The van der Waals surface area contributed by atoms with E-state index in [0.717, 1.165) is 11.3 Å². The lowest BCUT2D eigenvalue weighted by atomic mass is 10.1. The van der Waals surface area contributed by atoms with Crippen molar-refractivity contribution < 1.29 is 9.53 Å². The van der Waals surface area contributed by atoms with E-state index in [4.69, 9.17) is 4.74 Å². The van der Waals surface area contributed by atoms with Crippen LogP contribution in [0, 0.1) is 6.92 Å². The van der Waals surface area contributed by atoms with E-state index < -0.39 is 0 Å². The van der Waals surface area contributed by atoms with Gasteiger partial charge in [0.1, 0.15) is 11.5 Å². The van der Waals surface area contributed by atoms with Gasteiger partial charge in [-0.3, -0.25) is 4.79 Å². The van der Waals surface area contributed by atoms with E-state index in [1.54, 1.807) is 0 Å². The molecule has 0 aromatic heterocycles. The summed E-state index contributed by atoms with van der Waals surface area (Å²) in [6, 6.07) is 5.98. The highest BCUT2D eigenvalue weighted by Gasteiger charge is 2.13. The summed E-state index contributed by atoms with van der Waals surface area (Å²) in [5.41, 5.74) is 2.21. The van der Waals surface area contributed by atoms with E-state index in [9.17, 15) is 4.79 Å². The minimum absolute atomic E-state index is 0.268. The van der Waals surface area contributed by atoms with Crippen molar-refractivity contribution in [3.8, 4) is 5.75 Å². The van der Waals surface area contributed by atoms with Crippen LogP contribution in [0.25, 0.3) is 0 Å². The molecule has 1 aromatic rings. The summed E-state index contributed by atoms with van der Waals surface area (Å²) in [6.45, 7) is 2.55. The van der Waals surface area contributed by atoms with Gasteiger partial charge in [-0.05, 0) is 13.0 Å². The first kappa shape index (κ1) is 8.30. The molecule has 0 radical (unpaired) electrons. The minimum atomic E-state index is 0.268. The predicted octanol–water partition coefficient (Wildman–Crippen LogP) is 1.89. The van der Waals surface area contributed by atoms with Gasteiger partial charge in [-0.2, -0.15) is 0 Å². The van der Waals surface area contributed by atoms with Crippen LogP contribution in [0.5, 0.6) is 5.75 Å². The fourth-order valence-corrected chi connectivity index (χ4v) is 1.56. The smallest absolute Gasteiger partial charge is 0.140 e. The molecular weight excluding hydrogens is 164 g/mol. The van der Waals surface area contributed by atoms with Crippen LogP contribution in [0.2, 0.25) is 0 Å². The van der Waals surface area contributed by atoms with Crippen LogP contribution in [0.1, 0.15) is 17.5 Å². The number of rotatable bonds is 0. The molecule has 68 valence electrons. The molecule has 2 nitrogen and oxygen atoms in total. The van der Waals surface area contributed by atoms with E-state index in [0.29, 0.717) is 19.4 Å². The summed E-state index contributed by atoms with van der Waals surface area (Å²) >= 11 is 0. The number of hydrogen-bond donors (Lipinski definition) is 0. The molecule has 0 aliphatic carbocycles. The third-order valence-electron chi connectivity index (χ3n) is 2.24. The molecule has 1 aliphatic heterocycles. The van der Waals surface area contributed by atoms with Gasteiger partial charge in [0.05, 0.1) is 6.61 Å². The lowest BCUT2D eigenvalue weighted by Crippen LogP contribution is -2.02. The average molecular weight is 176 g/mol. The zero-order valence-electron chi connectivity index (χ0n) is 7.67. The summed E-state index contributed by atoms with van der Waals surface area (Å²) in [7, 11) is 0. The second kappa shape index (κ2) is 3.21. The van der Waals surface area contributed by atoms with Crippen molar-refractivity contribution in [1.82, 2.24) is 0 Å². The van der Waals surface area contributed by atoms with E-state index in [-0.39, 0.29) is 5.78 Å². The SMILES string of the molecule is Cc1ccc2c(c1)CC(=O)CCO2. The summed E-state index contributed by atoms with van der Waals surface area (Å²) in [4.78, 5) is 11.3. The number of benzene rings is 1. The number of fused-ring (bicyclic) bond motifs is 1. The topological polar surface area (TPSA) is 26.3 Å². The Bertz CT molecular complexity index is 342. The van der Waals surface area contributed by atoms with E-state index >= 15 is 0 Å². The highest BCUT2D eigenvalue weighted by molar-refractivity contribution is 5.82. The molecule has 0 saturated carbocycles. The van der Waals surface area contributed by atoms with Gasteiger partial charge in [-0.1, -0.05) is 17.7 Å². The van der Waals surface area contributed by atoms with Crippen molar-refractivity contribution in [1.29, 1.82) is 0 Å². The molecule has 1 aliphatic rings. The standard InChI is InChI=1S/C11H12O2/c1-8-2-3-11-9(6-8)7-10(12)4-5-13-11/h2-3,6H,4-5,7H2,1H3. The predicted molar refractivity (Wildman–Crippen MR) is 50.0 cm³/mol. The number of Topliss-reactive ketones (excluding diaryl/α,β-unsaturated/α-hetero) is 1. The van der Waals surface area contributed by atoms with Crippen molar-refractivity contribution in [3.05, 3.63) is 29.3 Å². The second-order valence-corrected chi connectivity index (χ2v) is 3.43. The first-order valence-corrected chi connectivity index (χ1v) is 4.50. The van der Waals surface area contributed by atoms with Crippen molar-refractivity contribution >= 4 is 5.78 Å². The van der Waals surface area contributed by atoms with Gasteiger partial charge in [0.15, 0.2) is 0 Å². The maximum Gasteiger partial charge on any atom is 0.140 e. The fourth-order valence-electron chi connectivity index (χ4n) is 1.56. The molecule has 0 N–H and O–H groups in total. The number of ketones is 1. The van der Waals surface area contributed by atoms with Crippen LogP contribution in [-0.4, -0.2) is 12.4 Å². The second-order valence-electron chi connectivity index (χ2n) is 3.43. The number of carbonyl (C=O) groups is 1. The van der Waals surface area contributed by atoms with Crippen molar-refractivity contribution in [2.24, 2.45) is 0 Å². The number of aryl methyl sites for hydroxylation is 1. The molecule has 1 aromatic carbocycles. The molecule has 0 saturated heterocycles. The van der Waals surface area contributed by atoms with E-state index in [1.165, 1.54) is 5.56 Å². The molecule has 2 rings (SSSR count). The Balaban J connectivity index is 2.40. The van der Waals surface area contributed by atoms with E-state index in [2.05, 4.69) is 0 Å². The maximum atomic E-state index is 11.3. The molecule has 13 heavy (non-hydrogen) atoms. The normalized spacial score (nSPS) is 15.9. The lowest BCUT2D eigenvalue weighted by molar-refractivity contribution is -0.118. The molecule has 1 heterocycles. The highest BCUT2D eigenvalue weighted by atomic mass is 16.5. The van der Waals surface area contributed by atoms with Gasteiger partial charge in [-0.25, -0.2) is 0 Å². The van der Waals surface area contributed by atoms with Gasteiger partial charge in [0, 0.05) is 18.4 Å². The van der Waals surface area contributed by atoms with Crippen LogP contribution in [0.3, 0.4) is 0 Å². The summed E-state index contributed by atoms with van der Waals surface area (Å²) in [6.07, 6.45) is 1.06. The third-order valence-corrected chi connectivity index (χ3v) is 2.24. The quantitative estimate of drug-likeness (QED) is 0.603. The number of carbonyl (C=O) groups excluding carboxylic acids is 1. The Morgan fingerprint density at radius 1 is 1.38 bits per heavy atom. The fraction of sp³-hybridized carbons (Fsp3) is 0.364. The van der Waals surface area contributed by atoms with Crippen LogP contribution in [0.4, 0.5) is 0 Å². The van der Waals surface area contributed by atoms with Gasteiger partial charge < -0.3 is 4.74 Å². The Labute approximate surface area is 77.5 Å². The molecule has 0 amide bonds. The molecule has 0 spiro atoms. The molecule has 0 atom stereocenters. The van der Waals surface area contributed by atoms with Gasteiger partial charge in [0.25, 0.3) is 0 Å². The molecule has 0 unspecified atom stereocenters. The maximum absolute atomic E-state index is 11.3. The van der Waals surface area contributed by atoms with Crippen LogP contribution in [0.15, 0.2) is 18.2 Å². The Hall–Kier alpha value is -1.31. The third kappa shape index (κ3) is 1.72. The molecule has 0 bridgehead atoms. The molecule has 0 fully saturated rings. The summed E-state index contributed by atoms with van der Waals surface area (Å²) in [5, 5.41) is 0. The Kier molecular flexibility index (Phi) is 2.05. The first-order chi connectivity index (χ1) is 6.25. The molecule has 2 heteroatoms. The zero-order valence-corrected chi connectivity index (χ0v) is 7.67. The van der Waals surface area contributed by atoms with Crippen LogP contribution < -0.4 is 4.74 Å². The van der Waals surface area contributed by atoms with Crippen molar-refractivity contribution in [3.63, 3.8) is 0 Å². The van der Waals surface area contributed by atoms with E-state index in [1.807, 2.05) is 25.1 Å². The molecular formula is C11H12O2. The summed E-state index contributed by atoms with van der Waals surface area (Å²) in [5.74, 6) is 1.14. The average Bonchev–Trinajstić information content (AvgIpc) is 2.25. The van der Waals surface area contributed by atoms with Crippen LogP contribution in [-0.2, 0) is 11.2 Å². The van der Waals surface area contributed by atoms with Crippen molar-refractivity contribution in [2.45, 2.75) is 19.8 Å². The van der Waals surface area contributed by atoms with Crippen molar-refractivity contribution in [2.75, 3.05) is 6.61 Å². The minimum Gasteiger partial charge on any atom is -0.493 e. The monoisotopic (exact) mass is 176 g/mol. The van der Waals surface area contributed by atoms with Gasteiger partial charge in [-0.15, -0.1) is 0 Å². The number of hydrogen-bond acceptors (Lipinski definition) is 2. The summed E-state index contributed by atoms with van der Waals surface area (Å²) < 4.78 is 5.45. The van der Waals surface area contributed by atoms with Gasteiger partial charge in [0.2, 0.25) is 0 Å².